The van der Waals surface area contributed by atoms with Crippen LogP contribution in [0.15, 0.2) is 10.7 Å². The van der Waals surface area contributed by atoms with Crippen LogP contribution < -0.4 is 5.32 Å². The average molecular weight is 270 g/mol. The van der Waals surface area contributed by atoms with Crippen LogP contribution >= 0.6 is 0 Å². The van der Waals surface area contributed by atoms with Gasteiger partial charge in [-0.1, -0.05) is 5.16 Å². The van der Waals surface area contributed by atoms with Gasteiger partial charge in [-0.15, -0.1) is 0 Å². The largest absolute Gasteiger partial charge is 0.480 e. The number of hydrogen-bond donors (Lipinski definition) is 2. The van der Waals surface area contributed by atoms with Gasteiger partial charge < -0.3 is 19.7 Å². The number of aryl methyl sites for hydroxylation is 1. The van der Waals surface area contributed by atoms with Gasteiger partial charge in [-0.25, -0.2) is 4.79 Å². The van der Waals surface area contributed by atoms with E-state index in [1.807, 2.05) is 0 Å². The van der Waals surface area contributed by atoms with Gasteiger partial charge in [-0.2, -0.15) is 0 Å². The molecule has 0 aliphatic rings. The molecular weight excluding hydrogens is 256 g/mol. The Labute approximate surface area is 108 Å². The fourth-order valence-corrected chi connectivity index (χ4v) is 1.35. The van der Waals surface area contributed by atoms with Crippen molar-refractivity contribution in [2.75, 3.05) is 7.11 Å². The summed E-state index contributed by atoms with van der Waals surface area (Å²) in [5.74, 6) is -2.53. The number of methoxy groups -OCH3 is 1. The molecule has 0 aliphatic carbocycles. The van der Waals surface area contributed by atoms with E-state index in [-0.39, 0.29) is 18.6 Å². The van der Waals surface area contributed by atoms with E-state index in [2.05, 4.69) is 15.2 Å². The number of aromatic nitrogens is 1. The summed E-state index contributed by atoms with van der Waals surface area (Å²) in [4.78, 5) is 33.7. The molecule has 0 radical (unpaired) electrons. The van der Waals surface area contributed by atoms with Gasteiger partial charge in [0.05, 0.1) is 13.3 Å². The van der Waals surface area contributed by atoms with Gasteiger partial charge in [0.1, 0.15) is 6.04 Å². The standard InChI is InChI=1S/C11H14N2O6/c1-6-5-12-19-9(6)10(15)13-7(11(16)17)3-4-8(14)18-2/h5,7H,3-4H2,1-2H3,(H,13,15)(H,16,17). The molecule has 0 saturated carbocycles. The fourth-order valence-electron chi connectivity index (χ4n) is 1.35. The van der Waals surface area contributed by atoms with E-state index >= 15 is 0 Å². The summed E-state index contributed by atoms with van der Waals surface area (Å²) in [6, 6.07) is -1.20. The highest BCUT2D eigenvalue weighted by Crippen LogP contribution is 2.07. The molecule has 0 aromatic carbocycles. The minimum atomic E-state index is -1.24. The molecule has 0 fully saturated rings. The summed E-state index contributed by atoms with van der Waals surface area (Å²) in [5.41, 5.74) is 0.495. The lowest BCUT2D eigenvalue weighted by atomic mass is 10.1. The normalized spacial score (nSPS) is 11.7. The Balaban J connectivity index is 2.64. The molecule has 1 aromatic heterocycles. The second-order valence-corrected chi connectivity index (χ2v) is 3.82. The molecule has 0 aliphatic heterocycles. The van der Waals surface area contributed by atoms with E-state index in [9.17, 15) is 14.4 Å². The van der Waals surface area contributed by atoms with Crippen LogP contribution in [0.3, 0.4) is 0 Å². The molecule has 104 valence electrons. The minimum absolute atomic E-state index is 0.0516. The van der Waals surface area contributed by atoms with Gasteiger partial charge in [-0.05, 0) is 13.3 Å². The molecule has 1 rings (SSSR count). The predicted molar refractivity (Wildman–Crippen MR) is 61.4 cm³/mol. The molecule has 8 heteroatoms. The quantitative estimate of drug-likeness (QED) is 0.704. The van der Waals surface area contributed by atoms with Gasteiger partial charge in [0.2, 0.25) is 5.76 Å². The molecule has 1 heterocycles. The van der Waals surface area contributed by atoms with Gasteiger partial charge in [0, 0.05) is 12.0 Å². The van der Waals surface area contributed by atoms with Crippen molar-refractivity contribution in [3.8, 4) is 0 Å². The van der Waals surface area contributed by atoms with Crippen molar-refractivity contribution in [3.63, 3.8) is 0 Å². The lowest BCUT2D eigenvalue weighted by Crippen LogP contribution is -2.41. The topological polar surface area (TPSA) is 119 Å². The van der Waals surface area contributed by atoms with Crippen LogP contribution in [0.4, 0.5) is 0 Å². The molecule has 1 atom stereocenters. The average Bonchev–Trinajstić information content (AvgIpc) is 2.79. The van der Waals surface area contributed by atoms with E-state index in [0.717, 1.165) is 0 Å². The SMILES string of the molecule is COC(=O)CCC(NC(=O)c1oncc1C)C(=O)O. The number of carbonyl (C=O) groups is 3. The number of aliphatic carboxylic acids is 1. The van der Waals surface area contributed by atoms with Crippen LogP contribution in [0.25, 0.3) is 0 Å². The summed E-state index contributed by atoms with van der Waals surface area (Å²) in [6.45, 7) is 1.61. The van der Waals surface area contributed by atoms with Crippen LogP contribution in [0, 0.1) is 6.92 Å². The molecule has 1 aromatic rings. The third kappa shape index (κ3) is 4.09. The first-order valence-electron chi connectivity index (χ1n) is 5.47. The first kappa shape index (κ1) is 14.7. The smallest absolute Gasteiger partial charge is 0.326 e. The van der Waals surface area contributed by atoms with Crippen LogP contribution in [-0.4, -0.2) is 41.3 Å². The molecule has 0 saturated heterocycles. The summed E-state index contributed by atoms with van der Waals surface area (Å²) in [7, 11) is 1.20. The summed E-state index contributed by atoms with van der Waals surface area (Å²) in [6.07, 6.45) is 1.17. The maximum atomic E-state index is 11.7. The van der Waals surface area contributed by atoms with Crippen LogP contribution in [-0.2, 0) is 14.3 Å². The van der Waals surface area contributed by atoms with E-state index < -0.39 is 23.9 Å². The molecule has 0 spiro atoms. The molecule has 2 N–H and O–H groups in total. The molecule has 8 nitrogen and oxygen atoms in total. The van der Waals surface area contributed by atoms with Crippen molar-refractivity contribution in [2.24, 2.45) is 0 Å². The Morgan fingerprint density at radius 3 is 2.68 bits per heavy atom. The predicted octanol–water partition coefficient (Wildman–Crippen LogP) is 0.119. The number of carboxylic acids is 1. The first-order valence-corrected chi connectivity index (χ1v) is 5.47. The van der Waals surface area contributed by atoms with Gasteiger partial charge in [0.25, 0.3) is 5.91 Å². The summed E-state index contributed by atoms with van der Waals surface area (Å²) in [5, 5.41) is 14.6. The highest BCUT2D eigenvalue weighted by Gasteiger charge is 2.24. The van der Waals surface area contributed by atoms with E-state index in [0.29, 0.717) is 5.56 Å². The van der Waals surface area contributed by atoms with Gasteiger partial charge in [0.15, 0.2) is 0 Å². The monoisotopic (exact) mass is 270 g/mol. The van der Waals surface area contributed by atoms with E-state index in [1.165, 1.54) is 13.3 Å². The van der Waals surface area contributed by atoms with Gasteiger partial charge >= 0.3 is 11.9 Å². The van der Waals surface area contributed by atoms with E-state index in [4.69, 9.17) is 9.63 Å². The van der Waals surface area contributed by atoms with Crippen molar-refractivity contribution in [2.45, 2.75) is 25.8 Å². The van der Waals surface area contributed by atoms with Crippen LogP contribution in [0.2, 0.25) is 0 Å². The number of nitrogens with one attached hydrogen (secondary N) is 1. The lowest BCUT2D eigenvalue weighted by Gasteiger charge is -2.12. The number of rotatable bonds is 6. The number of amides is 1. The number of ether oxygens (including phenoxy) is 1. The maximum Gasteiger partial charge on any atom is 0.326 e. The number of carboxylic acid groups (broad SMARTS) is 1. The first-order chi connectivity index (χ1) is 8.95. The number of esters is 1. The van der Waals surface area contributed by atoms with Crippen molar-refractivity contribution < 1.29 is 28.8 Å². The molecule has 1 unspecified atom stereocenters. The molecule has 19 heavy (non-hydrogen) atoms. The van der Waals surface area contributed by atoms with Crippen LogP contribution in [0.5, 0.6) is 0 Å². The number of nitrogens with zero attached hydrogens (tertiary/aromatic N) is 1. The van der Waals surface area contributed by atoms with Crippen molar-refractivity contribution >= 4 is 17.8 Å². The zero-order chi connectivity index (χ0) is 14.4. The Hall–Kier alpha value is -2.38. The zero-order valence-corrected chi connectivity index (χ0v) is 10.5. The van der Waals surface area contributed by atoms with Crippen LogP contribution in [0.1, 0.15) is 29.0 Å². The summed E-state index contributed by atoms with van der Waals surface area (Å²) >= 11 is 0. The molecule has 1 amide bonds. The van der Waals surface area contributed by atoms with E-state index in [1.54, 1.807) is 6.92 Å². The number of carbonyl (C=O) groups excluding carboxylic acids is 2. The fraction of sp³-hybridized carbons (Fsp3) is 0.455. The Bertz CT molecular complexity index is 481. The van der Waals surface area contributed by atoms with Crippen molar-refractivity contribution in [1.29, 1.82) is 0 Å². The lowest BCUT2D eigenvalue weighted by molar-refractivity contribution is -0.142. The van der Waals surface area contributed by atoms with Crippen molar-refractivity contribution in [3.05, 3.63) is 17.5 Å². The Kier molecular flexibility index (Phi) is 5.04. The second-order valence-electron chi connectivity index (χ2n) is 3.82. The Morgan fingerprint density at radius 1 is 1.53 bits per heavy atom. The Morgan fingerprint density at radius 2 is 2.21 bits per heavy atom. The van der Waals surface area contributed by atoms with Crippen molar-refractivity contribution in [1.82, 2.24) is 10.5 Å². The molecular formula is C11H14N2O6. The minimum Gasteiger partial charge on any atom is -0.480 e. The molecule has 0 bridgehead atoms. The third-order valence-electron chi connectivity index (χ3n) is 2.42. The second kappa shape index (κ2) is 6.53. The third-order valence-corrected chi connectivity index (χ3v) is 2.42. The highest BCUT2D eigenvalue weighted by atomic mass is 16.5. The number of hydrogen-bond acceptors (Lipinski definition) is 6. The van der Waals surface area contributed by atoms with Gasteiger partial charge in [-0.3, -0.25) is 9.59 Å². The zero-order valence-electron chi connectivity index (χ0n) is 10.5. The summed E-state index contributed by atoms with van der Waals surface area (Å²) < 4.78 is 9.11. The maximum absolute atomic E-state index is 11.7. The highest BCUT2D eigenvalue weighted by molar-refractivity contribution is 5.95.